The Morgan fingerprint density at radius 2 is 2.26 bits per heavy atom. The number of likely N-dealkylation sites (tertiary alicyclic amines) is 1. The van der Waals surface area contributed by atoms with Gasteiger partial charge >= 0.3 is 6.09 Å². The van der Waals surface area contributed by atoms with Crippen LogP contribution in [0.4, 0.5) is 9.18 Å². The van der Waals surface area contributed by atoms with Gasteiger partial charge in [0.25, 0.3) is 0 Å². The third kappa shape index (κ3) is 3.22. The summed E-state index contributed by atoms with van der Waals surface area (Å²) >= 11 is 0. The number of halogens is 1. The summed E-state index contributed by atoms with van der Waals surface area (Å²) in [5, 5.41) is 0. The zero-order valence-electron chi connectivity index (χ0n) is 11.5. The quantitative estimate of drug-likeness (QED) is 0.785. The minimum Gasteiger partial charge on any atom is -0.444 e. The number of hydrogen-bond acceptors (Lipinski definition) is 3. The average Bonchev–Trinajstić information content (AvgIpc) is 2.73. The molecule has 0 radical (unpaired) electrons. The van der Waals surface area contributed by atoms with Crippen LogP contribution in [0.3, 0.4) is 0 Å². The number of carbonyl (C=O) groups is 1. The van der Waals surface area contributed by atoms with Crippen LogP contribution in [-0.4, -0.2) is 34.7 Å². The number of rotatable bonds is 1. The number of alkyl halides is 1. The van der Waals surface area contributed by atoms with Crippen LogP contribution >= 0.6 is 0 Å². The standard InChI is InChI=1S/C14H19FN2O2/c1-13(2,3)19-12(18)17-8-6-14(15,10-17)11-5-4-7-16-9-11/h4-5,7,9H,6,8,10H2,1-3H3/t14-/m1/s1. The normalized spacial score (nSPS) is 23.5. The van der Waals surface area contributed by atoms with E-state index in [4.69, 9.17) is 4.74 Å². The second-order valence-electron chi connectivity index (χ2n) is 5.86. The van der Waals surface area contributed by atoms with Crippen LogP contribution in [0.1, 0.15) is 32.8 Å². The molecular weight excluding hydrogens is 247 g/mol. The Kier molecular flexibility index (Phi) is 3.47. The molecule has 0 spiro atoms. The maximum atomic E-state index is 14.8. The lowest BCUT2D eigenvalue weighted by molar-refractivity contribution is 0.0257. The van der Waals surface area contributed by atoms with Gasteiger partial charge in [0, 0.05) is 30.9 Å². The van der Waals surface area contributed by atoms with Gasteiger partial charge in [-0.1, -0.05) is 6.07 Å². The second-order valence-corrected chi connectivity index (χ2v) is 5.86. The molecule has 0 aromatic carbocycles. The van der Waals surface area contributed by atoms with Crippen LogP contribution < -0.4 is 0 Å². The average molecular weight is 266 g/mol. The van der Waals surface area contributed by atoms with Crippen molar-refractivity contribution in [2.75, 3.05) is 13.1 Å². The van der Waals surface area contributed by atoms with E-state index in [1.165, 1.54) is 11.1 Å². The highest BCUT2D eigenvalue weighted by molar-refractivity contribution is 5.68. The monoisotopic (exact) mass is 266 g/mol. The molecule has 1 amide bonds. The highest BCUT2D eigenvalue weighted by Gasteiger charge is 2.43. The van der Waals surface area contributed by atoms with E-state index in [2.05, 4.69) is 4.98 Å². The van der Waals surface area contributed by atoms with Gasteiger partial charge in [-0.2, -0.15) is 0 Å². The Morgan fingerprint density at radius 3 is 2.84 bits per heavy atom. The van der Waals surface area contributed by atoms with Crippen LogP contribution in [0.25, 0.3) is 0 Å². The Labute approximate surface area is 112 Å². The molecule has 104 valence electrons. The molecule has 0 bridgehead atoms. The number of amides is 1. The first-order valence-corrected chi connectivity index (χ1v) is 6.37. The Hall–Kier alpha value is -1.65. The van der Waals surface area contributed by atoms with Gasteiger partial charge in [0.05, 0.1) is 6.54 Å². The number of carbonyl (C=O) groups excluding carboxylic acids is 1. The summed E-state index contributed by atoms with van der Waals surface area (Å²) in [6, 6.07) is 3.40. The predicted octanol–water partition coefficient (Wildman–Crippen LogP) is 2.89. The van der Waals surface area contributed by atoms with Crippen molar-refractivity contribution in [1.82, 2.24) is 9.88 Å². The first kappa shape index (κ1) is 13.8. The van der Waals surface area contributed by atoms with E-state index < -0.39 is 17.4 Å². The molecule has 5 heteroatoms. The van der Waals surface area contributed by atoms with Crippen molar-refractivity contribution in [1.29, 1.82) is 0 Å². The largest absolute Gasteiger partial charge is 0.444 e. The van der Waals surface area contributed by atoms with Gasteiger partial charge in [-0.25, -0.2) is 9.18 Å². The summed E-state index contributed by atoms with van der Waals surface area (Å²) in [6.45, 7) is 5.77. The molecule has 0 aliphatic carbocycles. The molecule has 0 unspecified atom stereocenters. The van der Waals surface area contributed by atoms with Crippen LogP contribution in [0.15, 0.2) is 24.5 Å². The van der Waals surface area contributed by atoms with E-state index in [-0.39, 0.29) is 13.0 Å². The smallest absolute Gasteiger partial charge is 0.410 e. The molecule has 1 atom stereocenters. The molecule has 1 aromatic rings. The first-order valence-electron chi connectivity index (χ1n) is 6.37. The van der Waals surface area contributed by atoms with E-state index in [1.54, 1.807) is 39.1 Å². The number of nitrogens with zero attached hydrogens (tertiary/aromatic N) is 2. The third-order valence-corrected chi connectivity index (χ3v) is 3.05. The highest BCUT2D eigenvalue weighted by atomic mass is 19.1. The minimum atomic E-state index is -1.52. The van der Waals surface area contributed by atoms with Crippen molar-refractivity contribution in [3.63, 3.8) is 0 Å². The lowest BCUT2D eigenvalue weighted by Crippen LogP contribution is -2.37. The molecule has 1 fully saturated rings. The second kappa shape index (κ2) is 4.79. The summed E-state index contributed by atoms with van der Waals surface area (Å²) in [7, 11) is 0. The molecule has 2 rings (SSSR count). The fourth-order valence-electron chi connectivity index (χ4n) is 2.12. The SMILES string of the molecule is CC(C)(C)OC(=O)N1CC[C@](F)(c2cccnc2)C1. The molecule has 2 heterocycles. The van der Waals surface area contributed by atoms with Gasteiger partial charge < -0.3 is 9.64 Å². The summed E-state index contributed by atoms with van der Waals surface area (Å²) in [5.74, 6) is 0. The maximum absolute atomic E-state index is 14.8. The van der Waals surface area contributed by atoms with E-state index in [0.717, 1.165) is 0 Å². The van der Waals surface area contributed by atoms with Crippen molar-refractivity contribution < 1.29 is 13.9 Å². The van der Waals surface area contributed by atoms with Gasteiger partial charge in [-0.3, -0.25) is 4.98 Å². The first-order chi connectivity index (χ1) is 8.80. The van der Waals surface area contributed by atoms with E-state index in [0.29, 0.717) is 12.1 Å². The number of ether oxygens (including phenoxy) is 1. The summed E-state index contributed by atoms with van der Waals surface area (Å²) in [5.41, 5.74) is -1.57. The Balaban J connectivity index is 2.06. The van der Waals surface area contributed by atoms with Gasteiger partial charge in [0.2, 0.25) is 0 Å². The van der Waals surface area contributed by atoms with Crippen LogP contribution in [0.2, 0.25) is 0 Å². The van der Waals surface area contributed by atoms with Crippen molar-refractivity contribution in [2.45, 2.75) is 38.5 Å². The lowest BCUT2D eigenvalue weighted by Gasteiger charge is -2.25. The summed E-state index contributed by atoms with van der Waals surface area (Å²) in [4.78, 5) is 17.2. The highest BCUT2D eigenvalue weighted by Crippen LogP contribution is 2.36. The van der Waals surface area contributed by atoms with E-state index >= 15 is 0 Å². The molecule has 1 saturated heterocycles. The fraction of sp³-hybridized carbons (Fsp3) is 0.571. The van der Waals surface area contributed by atoms with Gasteiger partial charge in [0.15, 0.2) is 5.67 Å². The summed E-state index contributed by atoms with van der Waals surface area (Å²) < 4.78 is 20.1. The molecule has 1 aromatic heterocycles. The molecule has 1 aliphatic heterocycles. The molecule has 19 heavy (non-hydrogen) atoms. The maximum Gasteiger partial charge on any atom is 0.410 e. The van der Waals surface area contributed by atoms with E-state index in [9.17, 15) is 9.18 Å². The Morgan fingerprint density at radius 1 is 1.53 bits per heavy atom. The van der Waals surface area contributed by atoms with Gasteiger partial charge in [0.1, 0.15) is 5.60 Å². The minimum absolute atomic E-state index is 0.0214. The molecule has 1 aliphatic rings. The topological polar surface area (TPSA) is 42.4 Å². The van der Waals surface area contributed by atoms with Crippen molar-refractivity contribution in [3.05, 3.63) is 30.1 Å². The van der Waals surface area contributed by atoms with Gasteiger partial charge in [-0.05, 0) is 26.8 Å². The number of hydrogen-bond donors (Lipinski definition) is 0. The van der Waals surface area contributed by atoms with Gasteiger partial charge in [-0.15, -0.1) is 0 Å². The Bertz CT molecular complexity index is 458. The third-order valence-electron chi connectivity index (χ3n) is 3.05. The zero-order valence-corrected chi connectivity index (χ0v) is 11.5. The van der Waals surface area contributed by atoms with E-state index in [1.807, 2.05) is 0 Å². The van der Waals surface area contributed by atoms with Crippen LogP contribution in [0, 0.1) is 0 Å². The van der Waals surface area contributed by atoms with Crippen LogP contribution in [0.5, 0.6) is 0 Å². The van der Waals surface area contributed by atoms with Crippen molar-refractivity contribution >= 4 is 6.09 Å². The predicted molar refractivity (Wildman–Crippen MR) is 69.4 cm³/mol. The zero-order chi connectivity index (χ0) is 14.1. The molecular formula is C14H19FN2O2. The lowest BCUT2D eigenvalue weighted by atomic mass is 9.97. The molecule has 4 nitrogen and oxygen atoms in total. The van der Waals surface area contributed by atoms with Crippen molar-refractivity contribution in [2.24, 2.45) is 0 Å². The number of pyridine rings is 1. The summed E-state index contributed by atoms with van der Waals surface area (Å²) in [6.07, 6.45) is 2.93. The van der Waals surface area contributed by atoms with Crippen molar-refractivity contribution in [3.8, 4) is 0 Å². The fourth-order valence-corrected chi connectivity index (χ4v) is 2.12. The van der Waals surface area contributed by atoms with Crippen LogP contribution in [-0.2, 0) is 10.4 Å². The molecule has 0 saturated carbocycles. The molecule has 0 N–H and O–H groups in total. The number of aromatic nitrogens is 1.